The summed E-state index contributed by atoms with van der Waals surface area (Å²) < 4.78 is 13.7. The van der Waals surface area contributed by atoms with E-state index in [0.29, 0.717) is 25.1 Å². The quantitative estimate of drug-likeness (QED) is 0.448. The van der Waals surface area contributed by atoms with Gasteiger partial charge < -0.3 is 15.5 Å². The second-order valence-electron chi connectivity index (χ2n) is 6.51. The van der Waals surface area contributed by atoms with Crippen LogP contribution in [0.15, 0.2) is 65.7 Å². The minimum Gasteiger partial charge on any atom is -0.364 e. The minimum atomic E-state index is -0.158. The zero-order valence-electron chi connectivity index (χ0n) is 15.8. The van der Waals surface area contributed by atoms with E-state index in [9.17, 15) is 4.39 Å². The molecule has 0 amide bonds. The van der Waals surface area contributed by atoms with Crippen LogP contribution in [0.25, 0.3) is 0 Å². The number of guanidine groups is 1. The lowest BCUT2D eigenvalue weighted by Gasteiger charge is -2.18. The van der Waals surface area contributed by atoms with Crippen LogP contribution in [0.3, 0.4) is 0 Å². The number of benzene rings is 2. The molecule has 4 nitrogen and oxygen atoms in total. The van der Waals surface area contributed by atoms with Crippen LogP contribution in [0.1, 0.15) is 18.1 Å². The first-order valence-corrected chi connectivity index (χ1v) is 9.50. The van der Waals surface area contributed by atoms with Gasteiger partial charge in [-0.05, 0) is 42.7 Å². The van der Waals surface area contributed by atoms with Gasteiger partial charge in [-0.25, -0.2) is 9.38 Å². The van der Waals surface area contributed by atoms with Crippen LogP contribution in [-0.4, -0.2) is 32.1 Å². The molecular weight excluding hydrogens is 339 g/mol. The van der Waals surface area contributed by atoms with Crippen LogP contribution >= 0.6 is 0 Å². The van der Waals surface area contributed by atoms with E-state index >= 15 is 0 Å². The summed E-state index contributed by atoms with van der Waals surface area (Å²) in [6.07, 6.45) is 5.00. The molecule has 0 fully saturated rings. The third-order valence-corrected chi connectivity index (χ3v) is 4.50. The lowest BCUT2D eigenvalue weighted by Crippen LogP contribution is -2.38. The number of anilines is 1. The first-order chi connectivity index (χ1) is 13.3. The molecule has 2 N–H and O–H groups in total. The summed E-state index contributed by atoms with van der Waals surface area (Å²) in [7, 11) is 0. The maximum absolute atomic E-state index is 13.7. The summed E-state index contributed by atoms with van der Waals surface area (Å²) in [5.74, 6) is 0.594. The molecule has 1 aliphatic rings. The lowest BCUT2D eigenvalue weighted by atomic mass is 10.1. The number of rotatable bonds is 7. The van der Waals surface area contributed by atoms with Crippen molar-refractivity contribution < 1.29 is 4.39 Å². The van der Waals surface area contributed by atoms with Crippen LogP contribution in [0.4, 0.5) is 10.1 Å². The maximum Gasteiger partial charge on any atom is 0.191 e. The van der Waals surface area contributed by atoms with Crippen molar-refractivity contribution in [2.24, 2.45) is 4.99 Å². The van der Waals surface area contributed by atoms with Gasteiger partial charge in [-0.15, -0.1) is 0 Å². The number of nitrogens with zero attached hydrogens (tertiary/aromatic N) is 2. The molecule has 5 heteroatoms. The van der Waals surface area contributed by atoms with Gasteiger partial charge in [0.2, 0.25) is 0 Å². The largest absolute Gasteiger partial charge is 0.364 e. The molecule has 0 bridgehead atoms. The molecule has 0 unspecified atom stereocenters. The number of halogens is 1. The van der Waals surface area contributed by atoms with Crippen molar-refractivity contribution in [3.63, 3.8) is 0 Å². The molecule has 0 atom stereocenters. The smallest absolute Gasteiger partial charge is 0.191 e. The van der Waals surface area contributed by atoms with E-state index in [1.54, 1.807) is 6.07 Å². The van der Waals surface area contributed by atoms with Gasteiger partial charge in [0.15, 0.2) is 5.96 Å². The number of hydrogen-bond acceptors (Lipinski definition) is 2. The molecule has 1 aliphatic heterocycles. The molecule has 3 rings (SSSR count). The lowest BCUT2D eigenvalue weighted by molar-refractivity contribution is 0.606. The highest BCUT2D eigenvalue weighted by atomic mass is 19.1. The van der Waals surface area contributed by atoms with Crippen molar-refractivity contribution in [2.75, 3.05) is 31.1 Å². The monoisotopic (exact) mass is 366 g/mol. The molecule has 0 saturated carbocycles. The van der Waals surface area contributed by atoms with Gasteiger partial charge >= 0.3 is 0 Å². The highest BCUT2D eigenvalue weighted by molar-refractivity contribution is 5.79. The summed E-state index contributed by atoms with van der Waals surface area (Å²) in [5.41, 5.74) is 3.11. The SMILES string of the molecule is CCNC(=NCc1cccc(N2CC=CC2)c1)NCCc1ccccc1F. The molecule has 0 aromatic heterocycles. The molecule has 27 heavy (non-hydrogen) atoms. The normalized spacial score (nSPS) is 13.9. The summed E-state index contributed by atoms with van der Waals surface area (Å²) in [5, 5.41) is 6.54. The average molecular weight is 366 g/mol. The van der Waals surface area contributed by atoms with Crippen molar-refractivity contribution in [1.29, 1.82) is 0 Å². The predicted molar refractivity (Wildman–Crippen MR) is 111 cm³/mol. The van der Waals surface area contributed by atoms with Gasteiger partial charge in [0.25, 0.3) is 0 Å². The molecule has 2 aromatic rings. The number of aliphatic imine (C=N–C) groups is 1. The Hall–Kier alpha value is -2.82. The van der Waals surface area contributed by atoms with Crippen molar-refractivity contribution in [2.45, 2.75) is 19.9 Å². The number of hydrogen-bond donors (Lipinski definition) is 2. The highest BCUT2D eigenvalue weighted by Crippen LogP contribution is 2.18. The number of nitrogens with one attached hydrogen (secondary N) is 2. The van der Waals surface area contributed by atoms with E-state index in [2.05, 4.69) is 56.9 Å². The van der Waals surface area contributed by atoms with E-state index in [4.69, 9.17) is 0 Å². The third kappa shape index (κ3) is 5.58. The van der Waals surface area contributed by atoms with Gasteiger partial charge in [-0.1, -0.05) is 42.5 Å². The van der Waals surface area contributed by atoms with Crippen molar-refractivity contribution in [3.8, 4) is 0 Å². The van der Waals surface area contributed by atoms with Crippen molar-refractivity contribution >= 4 is 11.6 Å². The van der Waals surface area contributed by atoms with Gasteiger partial charge in [0.1, 0.15) is 5.82 Å². The van der Waals surface area contributed by atoms with Gasteiger partial charge in [0, 0.05) is 31.9 Å². The Balaban J connectivity index is 1.57. The van der Waals surface area contributed by atoms with Gasteiger partial charge in [-0.2, -0.15) is 0 Å². The fourth-order valence-corrected chi connectivity index (χ4v) is 3.07. The zero-order chi connectivity index (χ0) is 18.9. The van der Waals surface area contributed by atoms with E-state index in [1.165, 1.54) is 17.3 Å². The third-order valence-electron chi connectivity index (χ3n) is 4.50. The second-order valence-corrected chi connectivity index (χ2v) is 6.51. The maximum atomic E-state index is 13.7. The van der Waals surface area contributed by atoms with Crippen molar-refractivity contribution in [1.82, 2.24) is 10.6 Å². The zero-order valence-corrected chi connectivity index (χ0v) is 15.8. The molecule has 0 radical (unpaired) electrons. The molecular formula is C22H27FN4. The van der Waals surface area contributed by atoms with E-state index in [-0.39, 0.29) is 5.82 Å². The van der Waals surface area contributed by atoms with E-state index in [0.717, 1.165) is 25.6 Å². The highest BCUT2D eigenvalue weighted by Gasteiger charge is 2.08. The summed E-state index contributed by atoms with van der Waals surface area (Å²) >= 11 is 0. The average Bonchev–Trinajstić information content (AvgIpc) is 3.23. The fraction of sp³-hybridized carbons (Fsp3) is 0.318. The second kappa shape index (κ2) is 9.76. The topological polar surface area (TPSA) is 39.7 Å². The van der Waals surface area contributed by atoms with Crippen LogP contribution in [0, 0.1) is 5.82 Å². The molecule has 142 valence electrons. The van der Waals surface area contributed by atoms with Gasteiger partial charge in [-0.3, -0.25) is 0 Å². The Kier molecular flexibility index (Phi) is 6.85. The van der Waals surface area contributed by atoms with E-state index in [1.807, 2.05) is 19.1 Å². The Bertz CT molecular complexity index is 792. The van der Waals surface area contributed by atoms with Crippen LogP contribution in [-0.2, 0) is 13.0 Å². The van der Waals surface area contributed by atoms with Crippen LogP contribution in [0.5, 0.6) is 0 Å². The molecule has 0 aliphatic carbocycles. The Morgan fingerprint density at radius 2 is 1.89 bits per heavy atom. The van der Waals surface area contributed by atoms with Crippen LogP contribution in [0.2, 0.25) is 0 Å². The van der Waals surface area contributed by atoms with Crippen molar-refractivity contribution in [3.05, 3.63) is 77.6 Å². The molecule has 0 spiro atoms. The molecule has 0 saturated heterocycles. The summed E-state index contributed by atoms with van der Waals surface area (Å²) in [4.78, 5) is 7.00. The minimum absolute atomic E-state index is 0.158. The first kappa shape index (κ1) is 19.0. The fourth-order valence-electron chi connectivity index (χ4n) is 3.07. The standard InChI is InChI=1S/C22H27FN4/c1-2-24-22(25-13-12-19-9-3-4-11-21(19)23)26-17-18-8-7-10-20(16-18)27-14-5-6-15-27/h3-11,16H,2,12-15,17H2,1H3,(H2,24,25,26). The Morgan fingerprint density at radius 3 is 2.67 bits per heavy atom. The van der Waals surface area contributed by atoms with Crippen LogP contribution < -0.4 is 15.5 Å². The van der Waals surface area contributed by atoms with E-state index < -0.39 is 0 Å². The summed E-state index contributed by atoms with van der Waals surface area (Å²) in [6, 6.07) is 15.4. The predicted octanol–water partition coefficient (Wildman–Crippen LogP) is 3.50. The first-order valence-electron chi connectivity index (χ1n) is 9.50. The summed E-state index contributed by atoms with van der Waals surface area (Å²) in [6.45, 7) is 5.98. The Labute approximate surface area is 160 Å². The van der Waals surface area contributed by atoms with Gasteiger partial charge in [0.05, 0.1) is 6.54 Å². The molecule has 1 heterocycles. The molecule has 2 aromatic carbocycles. The Morgan fingerprint density at radius 1 is 1.07 bits per heavy atom.